The highest BCUT2D eigenvalue weighted by Crippen LogP contribution is 2.37. The molecule has 3 rings (SSSR count). The van der Waals surface area contributed by atoms with E-state index in [9.17, 15) is 0 Å². The third-order valence-corrected chi connectivity index (χ3v) is 5.44. The van der Waals surface area contributed by atoms with Crippen molar-refractivity contribution in [2.45, 2.75) is 63.3 Å². The SMILES string of the molecule is COc1ccc(C2CC(NCCC3CCCCC3)C2)cc1. The smallest absolute Gasteiger partial charge is 0.118 e. The van der Waals surface area contributed by atoms with Crippen LogP contribution in [0.2, 0.25) is 0 Å². The number of rotatable bonds is 6. The number of benzene rings is 1. The van der Waals surface area contributed by atoms with E-state index >= 15 is 0 Å². The number of hydrogen-bond donors (Lipinski definition) is 1. The third-order valence-electron chi connectivity index (χ3n) is 5.44. The lowest BCUT2D eigenvalue weighted by atomic mass is 9.75. The van der Waals surface area contributed by atoms with E-state index in [0.717, 1.165) is 23.6 Å². The van der Waals surface area contributed by atoms with Gasteiger partial charge in [0.25, 0.3) is 0 Å². The Labute approximate surface area is 129 Å². The monoisotopic (exact) mass is 287 g/mol. The molecule has 0 radical (unpaired) electrons. The molecular weight excluding hydrogens is 258 g/mol. The highest BCUT2D eigenvalue weighted by atomic mass is 16.5. The van der Waals surface area contributed by atoms with Gasteiger partial charge in [0, 0.05) is 6.04 Å². The predicted octanol–water partition coefficient (Wildman–Crippen LogP) is 4.50. The van der Waals surface area contributed by atoms with Crippen LogP contribution in [0, 0.1) is 5.92 Å². The minimum atomic E-state index is 0.751. The van der Waals surface area contributed by atoms with E-state index in [1.807, 2.05) is 0 Å². The summed E-state index contributed by atoms with van der Waals surface area (Å²) in [5.41, 5.74) is 1.47. The first kappa shape index (κ1) is 14.9. The summed E-state index contributed by atoms with van der Waals surface area (Å²) in [7, 11) is 1.73. The predicted molar refractivity (Wildman–Crippen MR) is 88.0 cm³/mol. The van der Waals surface area contributed by atoms with E-state index in [-0.39, 0.29) is 0 Å². The average molecular weight is 287 g/mol. The van der Waals surface area contributed by atoms with E-state index < -0.39 is 0 Å². The summed E-state index contributed by atoms with van der Waals surface area (Å²) < 4.78 is 5.22. The molecule has 0 atom stereocenters. The van der Waals surface area contributed by atoms with Crippen molar-refractivity contribution in [2.24, 2.45) is 5.92 Å². The van der Waals surface area contributed by atoms with Crippen molar-refractivity contribution in [3.05, 3.63) is 29.8 Å². The van der Waals surface area contributed by atoms with Crippen molar-refractivity contribution in [1.82, 2.24) is 5.32 Å². The van der Waals surface area contributed by atoms with E-state index in [4.69, 9.17) is 4.74 Å². The lowest BCUT2D eigenvalue weighted by molar-refractivity contribution is 0.270. The molecule has 0 unspecified atom stereocenters. The quantitative estimate of drug-likeness (QED) is 0.831. The Balaban J connectivity index is 1.33. The molecule has 116 valence electrons. The van der Waals surface area contributed by atoms with Gasteiger partial charge in [-0.3, -0.25) is 0 Å². The van der Waals surface area contributed by atoms with Crippen LogP contribution in [0.5, 0.6) is 5.75 Å². The Morgan fingerprint density at radius 1 is 1.05 bits per heavy atom. The van der Waals surface area contributed by atoms with Gasteiger partial charge in [0.1, 0.15) is 5.75 Å². The van der Waals surface area contributed by atoms with Gasteiger partial charge in [-0.1, -0.05) is 44.2 Å². The van der Waals surface area contributed by atoms with Crippen molar-refractivity contribution in [2.75, 3.05) is 13.7 Å². The van der Waals surface area contributed by atoms with Crippen LogP contribution in [0.3, 0.4) is 0 Å². The number of hydrogen-bond acceptors (Lipinski definition) is 2. The molecule has 2 heteroatoms. The molecule has 21 heavy (non-hydrogen) atoms. The normalized spacial score (nSPS) is 26.3. The summed E-state index contributed by atoms with van der Waals surface area (Å²) in [5.74, 6) is 2.71. The molecule has 2 saturated carbocycles. The largest absolute Gasteiger partial charge is 0.497 e. The summed E-state index contributed by atoms with van der Waals surface area (Å²) in [6.07, 6.45) is 11.3. The molecule has 1 aromatic carbocycles. The second-order valence-electron chi connectivity index (χ2n) is 6.89. The molecule has 2 nitrogen and oxygen atoms in total. The van der Waals surface area contributed by atoms with Crippen molar-refractivity contribution in [3.8, 4) is 5.75 Å². The van der Waals surface area contributed by atoms with Crippen molar-refractivity contribution >= 4 is 0 Å². The molecule has 1 aromatic rings. The first-order valence-electron chi connectivity index (χ1n) is 8.72. The van der Waals surface area contributed by atoms with Crippen LogP contribution in [-0.2, 0) is 0 Å². The minimum absolute atomic E-state index is 0.751. The zero-order valence-electron chi connectivity index (χ0n) is 13.3. The van der Waals surface area contributed by atoms with Gasteiger partial charge >= 0.3 is 0 Å². The lowest BCUT2D eigenvalue weighted by Crippen LogP contribution is -2.40. The summed E-state index contributed by atoms with van der Waals surface area (Å²) >= 11 is 0. The summed E-state index contributed by atoms with van der Waals surface area (Å²) in [5, 5.41) is 3.76. The molecule has 0 aromatic heterocycles. The van der Waals surface area contributed by atoms with Gasteiger partial charge in [0.15, 0.2) is 0 Å². The first-order chi connectivity index (χ1) is 10.3. The van der Waals surface area contributed by atoms with E-state index in [2.05, 4.69) is 29.6 Å². The molecule has 0 saturated heterocycles. The van der Waals surface area contributed by atoms with Crippen molar-refractivity contribution in [3.63, 3.8) is 0 Å². The molecule has 0 spiro atoms. The molecule has 1 N–H and O–H groups in total. The maximum atomic E-state index is 5.22. The van der Waals surface area contributed by atoms with Crippen LogP contribution in [0.25, 0.3) is 0 Å². The maximum Gasteiger partial charge on any atom is 0.118 e. The van der Waals surface area contributed by atoms with Crippen LogP contribution >= 0.6 is 0 Å². The Morgan fingerprint density at radius 2 is 1.76 bits per heavy atom. The minimum Gasteiger partial charge on any atom is -0.497 e. The molecule has 0 heterocycles. The van der Waals surface area contributed by atoms with Crippen LogP contribution < -0.4 is 10.1 Å². The standard InChI is InChI=1S/C19H29NO/c1-21-19-9-7-16(8-10-19)17-13-18(14-17)20-12-11-15-5-3-2-4-6-15/h7-10,15,17-18,20H,2-6,11-14H2,1H3. The highest BCUT2D eigenvalue weighted by Gasteiger charge is 2.29. The van der Waals surface area contributed by atoms with Gasteiger partial charge in [-0.25, -0.2) is 0 Å². The number of methoxy groups -OCH3 is 1. The lowest BCUT2D eigenvalue weighted by Gasteiger charge is -2.37. The van der Waals surface area contributed by atoms with Gasteiger partial charge in [-0.2, -0.15) is 0 Å². The fraction of sp³-hybridized carbons (Fsp3) is 0.684. The molecule has 2 aliphatic carbocycles. The Bertz CT molecular complexity index is 416. The van der Waals surface area contributed by atoms with E-state index in [1.54, 1.807) is 7.11 Å². The third kappa shape index (κ3) is 4.00. The van der Waals surface area contributed by atoms with Crippen molar-refractivity contribution in [1.29, 1.82) is 0 Å². The molecule has 0 bridgehead atoms. The second kappa shape index (κ2) is 7.31. The van der Waals surface area contributed by atoms with Gasteiger partial charge in [-0.05, 0) is 55.3 Å². The zero-order chi connectivity index (χ0) is 14.5. The van der Waals surface area contributed by atoms with Crippen LogP contribution in [0.1, 0.15) is 62.8 Å². The van der Waals surface area contributed by atoms with Crippen LogP contribution in [0.15, 0.2) is 24.3 Å². The van der Waals surface area contributed by atoms with Gasteiger partial charge in [-0.15, -0.1) is 0 Å². The number of ether oxygens (including phenoxy) is 1. The molecule has 2 fully saturated rings. The van der Waals surface area contributed by atoms with Crippen LogP contribution in [-0.4, -0.2) is 19.7 Å². The Hall–Kier alpha value is -1.02. The zero-order valence-corrected chi connectivity index (χ0v) is 13.3. The Morgan fingerprint density at radius 3 is 2.43 bits per heavy atom. The maximum absolute atomic E-state index is 5.22. The fourth-order valence-corrected chi connectivity index (χ4v) is 3.90. The summed E-state index contributed by atoms with van der Waals surface area (Å²) in [4.78, 5) is 0. The highest BCUT2D eigenvalue weighted by molar-refractivity contribution is 5.30. The fourth-order valence-electron chi connectivity index (χ4n) is 3.90. The van der Waals surface area contributed by atoms with Crippen molar-refractivity contribution < 1.29 is 4.74 Å². The topological polar surface area (TPSA) is 21.3 Å². The van der Waals surface area contributed by atoms with E-state index in [1.165, 1.54) is 63.5 Å². The van der Waals surface area contributed by atoms with Gasteiger partial charge in [0.2, 0.25) is 0 Å². The number of nitrogens with one attached hydrogen (secondary N) is 1. The first-order valence-corrected chi connectivity index (χ1v) is 8.72. The summed E-state index contributed by atoms with van der Waals surface area (Å²) in [6, 6.07) is 9.36. The average Bonchev–Trinajstić information content (AvgIpc) is 2.51. The summed E-state index contributed by atoms with van der Waals surface area (Å²) in [6.45, 7) is 1.23. The van der Waals surface area contributed by atoms with Gasteiger partial charge in [0.05, 0.1) is 7.11 Å². The molecule has 2 aliphatic rings. The van der Waals surface area contributed by atoms with Gasteiger partial charge < -0.3 is 10.1 Å². The molecule has 0 aliphatic heterocycles. The Kier molecular flexibility index (Phi) is 5.18. The molecule has 0 amide bonds. The van der Waals surface area contributed by atoms with Crippen LogP contribution in [0.4, 0.5) is 0 Å². The van der Waals surface area contributed by atoms with E-state index in [0.29, 0.717) is 0 Å². The molecular formula is C19H29NO. The second-order valence-corrected chi connectivity index (χ2v) is 6.89.